The summed E-state index contributed by atoms with van der Waals surface area (Å²) in [4.78, 5) is 44.5. The fourth-order valence-corrected chi connectivity index (χ4v) is 3.81. The number of carbonyl (C=O) groups excluding carboxylic acids is 3. The molecular formula is C23H29N3O4. The number of aryl methyl sites for hydroxylation is 2. The van der Waals surface area contributed by atoms with Crippen LogP contribution in [0.1, 0.15) is 61.9 Å². The highest BCUT2D eigenvalue weighted by molar-refractivity contribution is 6.00. The van der Waals surface area contributed by atoms with Crippen LogP contribution in [0.3, 0.4) is 0 Å². The SMILES string of the molecule is CCOC(=O)c1c(C)[nH]c(C(=O)N2CCN(C(=O)c3ccc(CC)cc3)CC2)c1C. The van der Waals surface area contributed by atoms with E-state index in [4.69, 9.17) is 4.74 Å². The maximum Gasteiger partial charge on any atom is 0.340 e. The Bertz CT molecular complexity index is 938. The number of piperazine rings is 1. The smallest absolute Gasteiger partial charge is 0.340 e. The number of amides is 2. The maximum atomic E-state index is 13.0. The van der Waals surface area contributed by atoms with Gasteiger partial charge in [0.05, 0.1) is 12.2 Å². The lowest BCUT2D eigenvalue weighted by atomic mass is 10.1. The molecule has 0 radical (unpaired) electrons. The van der Waals surface area contributed by atoms with E-state index in [0.717, 1.165) is 6.42 Å². The van der Waals surface area contributed by atoms with Gasteiger partial charge in [-0.2, -0.15) is 0 Å². The van der Waals surface area contributed by atoms with Crippen LogP contribution in [-0.2, 0) is 11.2 Å². The Labute approximate surface area is 177 Å². The van der Waals surface area contributed by atoms with Gasteiger partial charge in [0.25, 0.3) is 11.8 Å². The van der Waals surface area contributed by atoms with Gasteiger partial charge in [-0.05, 0) is 50.5 Å². The molecule has 7 heteroatoms. The number of ether oxygens (including phenoxy) is 1. The molecule has 0 saturated carbocycles. The van der Waals surface area contributed by atoms with Gasteiger partial charge in [0.1, 0.15) is 5.69 Å². The van der Waals surface area contributed by atoms with Crippen LogP contribution in [0.4, 0.5) is 0 Å². The summed E-state index contributed by atoms with van der Waals surface area (Å²) in [6, 6.07) is 7.68. The number of benzene rings is 1. The molecule has 1 saturated heterocycles. The molecular weight excluding hydrogens is 382 g/mol. The van der Waals surface area contributed by atoms with E-state index in [2.05, 4.69) is 11.9 Å². The first-order valence-electron chi connectivity index (χ1n) is 10.4. The lowest BCUT2D eigenvalue weighted by Crippen LogP contribution is -2.50. The molecule has 1 aliphatic rings. The van der Waals surface area contributed by atoms with Gasteiger partial charge in [0.15, 0.2) is 0 Å². The number of nitrogens with one attached hydrogen (secondary N) is 1. The highest BCUT2D eigenvalue weighted by atomic mass is 16.5. The minimum atomic E-state index is -0.424. The molecule has 3 rings (SSSR count). The van der Waals surface area contributed by atoms with Crippen molar-refractivity contribution in [3.8, 4) is 0 Å². The van der Waals surface area contributed by atoms with Crippen LogP contribution in [0.25, 0.3) is 0 Å². The van der Waals surface area contributed by atoms with E-state index < -0.39 is 5.97 Å². The molecule has 0 spiro atoms. The maximum absolute atomic E-state index is 13.0. The Morgan fingerprint density at radius 1 is 0.933 bits per heavy atom. The highest BCUT2D eigenvalue weighted by Crippen LogP contribution is 2.21. The van der Waals surface area contributed by atoms with Crippen LogP contribution in [0, 0.1) is 13.8 Å². The lowest BCUT2D eigenvalue weighted by molar-refractivity contribution is 0.0522. The van der Waals surface area contributed by atoms with Crippen LogP contribution in [0.2, 0.25) is 0 Å². The van der Waals surface area contributed by atoms with E-state index in [-0.39, 0.29) is 18.4 Å². The van der Waals surface area contributed by atoms with Crippen molar-refractivity contribution in [2.75, 3.05) is 32.8 Å². The molecule has 0 aliphatic carbocycles. The predicted octanol–water partition coefficient (Wildman–Crippen LogP) is 2.97. The summed E-state index contributed by atoms with van der Waals surface area (Å²) >= 11 is 0. The summed E-state index contributed by atoms with van der Waals surface area (Å²) in [5.41, 5.74) is 3.92. The minimum absolute atomic E-state index is 0.0127. The first-order valence-corrected chi connectivity index (χ1v) is 10.4. The third-order valence-corrected chi connectivity index (χ3v) is 5.59. The van der Waals surface area contributed by atoms with Crippen molar-refractivity contribution in [2.45, 2.75) is 34.1 Å². The van der Waals surface area contributed by atoms with Crippen LogP contribution in [0.15, 0.2) is 24.3 Å². The molecule has 0 bridgehead atoms. The molecule has 1 aromatic carbocycles. The first kappa shape index (κ1) is 21.6. The number of nitrogens with zero attached hydrogens (tertiary/aromatic N) is 2. The number of carbonyl (C=O) groups is 3. The first-order chi connectivity index (χ1) is 14.4. The molecule has 2 aromatic rings. The Balaban J connectivity index is 1.66. The van der Waals surface area contributed by atoms with E-state index in [0.29, 0.717) is 54.3 Å². The fraction of sp³-hybridized carbons (Fsp3) is 0.435. The van der Waals surface area contributed by atoms with Gasteiger partial charge >= 0.3 is 5.97 Å². The second-order valence-electron chi connectivity index (χ2n) is 7.48. The van der Waals surface area contributed by atoms with Crippen LogP contribution < -0.4 is 0 Å². The molecule has 0 unspecified atom stereocenters. The Morgan fingerprint density at radius 2 is 1.50 bits per heavy atom. The van der Waals surface area contributed by atoms with E-state index in [9.17, 15) is 14.4 Å². The topological polar surface area (TPSA) is 82.7 Å². The lowest BCUT2D eigenvalue weighted by Gasteiger charge is -2.34. The summed E-state index contributed by atoms with van der Waals surface area (Å²) in [6.07, 6.45) is 0.935. The summed E-state index contributed by atoms with van der Waals surface area (Å²) in [5.74, 6) is -0.598. The Morgan fingerprint density at radius 3 is 2.03 bits per heavy atom. The highest BCUT2D eigenvalue weighted by Gasteiger charge is 2.29. The Hall–Kier alpha value is -3.09. The monoisotopic (exact) mass is 411 g/mol. The van der Waals surface area contributed by atoms with E-state index in [1.165, 1.54) is 5.56 Å². The van der Waals surface area contributed by atoms with Crippen molar-refractivity contribution in [3.63, 3.8) is 0 Å². The van der Waals surface area contributed by atoms with Gasteiger partial charge in [0, 0.05) is 37.4 Å². The third-order valence-electron chi connectivity index (χ3n) is 5.59. The standard InChI is InChI=1S/C23H29N3O4/c1-5-17-7-9-18(10-8-17)21(27)25-11-13-26(14-12-25)22(28)20-15(3)19(16(4)24-20)23(29)30-6-2/h7-10,24H,5-6,11-14H2,1-4H3. The molecule has 30 heavy (non-hydrogen) atoms. The van der Waals surface area contributed by atoms with Crippen molar-refractivity contribution in [1.82, 2.24) is 14.8 Å². The minimum Gasteiger partial charge on any atom is -0.462 e. The molecule has 1 aromatic heterocycles. The number of aromatic nitrogens is 1. The number of hydrogen-bond donors (Lipinski definition) is 1. The number of rotatable bonds is 5. The summed E-state index contributed by atoms with van der Waals surface area (Å²) < 4.78 is 5.10. The van der Waals surface area contributed by atoms with Gasteiger partial charge in [-0.15, -0.1) is 0 Å². The second-order valence-corrected chi connectivity index (χ2v) is 7.48. The number of hydrogen-bond acceptors (Lipinski definition) is 4. The van der Waals surface area contributed by atoms with Crippen LogP contribution >= 0.6 is 0 Å². The quantitative estimate of drug-likeness (QED) is 0.767. The van der Waals surface area contributed by atoms with Gasteiger partial charge < -0.3 is 19.5 Å². The zero-order chi connectivity index (χ0) is 21.8. The predicted molar refractivity (Wildman–Crippen MR) is 114 cm³/mol. The van der Waals surface area contributed by atoms with Crippen LogP contribution in [-0.4, -0.2) is 65.4 Å². The average molecular weight is 412 g/mol. The van der Waals surface area contributed by atoms with Gasteiger partial charge in [0.2, 0.25) is 0 Å². The van der Waals surface area contributed by atoms with Crippen molar-refractivity contribution in [2.24, 2.45) is 0 Å². The fourth-order valence-electron chi connectivity index (χ4n) is 3.81. The summed E-state index contributed by atoms with van der Waals surface area (Å²) in [7, 11) is 0. The molecule has 2 amide bonds. The molecule has 160 valence electrons. The zero-order valence-electron chi connectivity index (χ0n) is 18.1. The van der Waals surface area contributed by atoms with Crippen molar-refractivity contribution >= 4 is 17.8 Å². The van der Waals surface area contributed by atoms with Crippen molar-refractivity contribution < 1.29 is 19.1 Å². The molecule has 0 atom stereocenters. The number of H-pyrrole nitrogens is 1. The zero-order valence-corrected chi connectivity index (χ0v) is 18.1. The largest absolute Gasteiger partial charge is 0.462 e. The van der Waals surface area contributed by atoms with E-state index >= 15 is 0 Å². The summed E-state index contributed by atoms with van der Waals surface area (Å²) in [5, 5.41) is 0. The third kappa shape index (κ3) is 4.25. The Kier molecular flexibility index (Phi) is 6.59. The van der Waals surface area contributed by atoms with Crippen molar-refractivity contribution in [1.29, 1.82) is 0 Å². The van der Waals surface area contributed by atoms with Crippen molar-refractivity contribution in [3.05, 3.63) is 57.9 Å². The number of esters is 1. The molecule has 2 heterocycles. The van der Waals surface area contributed by atoms with Gasteiger partial charge in [-0.3, -0.25) is 9.59 Å². The summed E-state index contributed by atoms with van der Waals surface area (Å²) in [6.45, 7) is 9.47. The average Bonchev–Trinajstić information content (AvgIpc) is 3.07. The molecule has 1 aliphatic heterocycles. The molecule has 1 fully saturated rings. The van der Waals surface area contributed by atoms with Crippen LogP contribution in [0.5, 0.6) is 0 Å². The van der Waals surface area contributed by atoms with E-state index in [1.54, 1.807) is 30.6 Å². The van der Waals surface area contributed by atoms with Gasteiger partial charge in [-0.1, -0.05) is 19.1 Å². The normalized spacial score (nSPS) is 14.0. The second kappa shape index (κ2) is 9.15. The molecule has 1 N–H and O–H groups in total. The molecule has 7 nitrogen and oxygen atoms in total. The van der Waals surface area contributed by atoms with Gasteiger partial charge in [-0.25, -0.2) is 4.79 Å². The van der Waals surface area contributed by atoms with E-state index in [1.807, 2.05) is 24.3 Å². The number of aromatic amines is 1.